The van der Waals surface area contributed by atoms with Crippen LogP contribution in [0.15, 0.2) is 77.4 Å². The second-order valence-electron chi connectivity index (χ2n) is 6.09. The average Bonchev–Trinajstić information content (AvgIpc) is 3.38. The summed E-state index contributed by atoms with van der Waals surface area (Å²) >= 11 is 5.97. The van der Waals surface area contributed by atoms with Gasteiger partial charge in [-0.3, -0.25) is 4.79 Å². The van der Waals surface area contributed by atoms with Crippen LogP contribution in [0.5, 0.6) is 0 Å². The summed E-state index contributed by atoms with van der Waals surface area (Å²) in [7, 11) is 0. The number of halogens is 2. The molecular formula is C21H15ClFN3O2. The first-order chi connectivity index (χ1) is 13.6. The number of amides is 1. The van der Waals surface area contributed by atoms with Crippen LogP contribution < -0.4 is 5.32 Å². The maximum atomic E-state index is 13.0. The van der Waals surface area contributed by atoms with E-state index in [0.29, 0.717) is 27.9 Å². The predicted octanol–water partition coefficient (Wildman–Crippen LogP) is 4.85. The third kappa shape index (κ3) is 3.82. The van der Waals surface area contributed by atoms with Gasteiger partial charge in [-0.2, -0.15) is 5.10 Å². The first-order valence-corrected chi connectivity index (χ1v) is 8.90. The molecule has 2 aromatic heterocycles. The highest BCUT2D eigenvalue weighted by molar-refractivity contribution is 6.30. The van der Waals surface area contributed by atoms with Crippen LogP contribution in [0.2, 0.25) is 5.02 Å². The van der Waals surface area contributed by atoms with E-state index in [2.05, 4.69) is 10.4 Å². The lowest BCUT2D eigenvalue weighted by Gasteiger charge is -2.08. The third-order valence-corrected chi connectivity index (χ3v) is 4.41. The van der Waals surface area contributed by atoms with Crippen LogP contribution in [-0.4, -0.2) is 15.7 Å². The molecule has 0 unspecified atom stereocenters. The Hall–Kier alpha value is -3.38. The number of carbonyl (C=O) groups is 1. The normalized spacial score (nSPS) is 10.8. The summed E-state index contributed by atoms with van der Waals surface area (Å²) in [6, 6.07) is 18.2. The highest BCUT2D eigenvalue weighted by atomic mass is 35.5. The standard InChI is InChI=1S/C21H15ClFN3O2/c22-15-5-9-17(10-6-15)26-19(12-18(25-26)20-2-1-11-28-20)21(27)24-13-14-3-7-16(23)8-4-14/h1-12H,13H2,(H,24,27). The van der Waals surface area contributed by atoms with Crippen molar-refractivity contribution in [1.82, 2.24) is 15.1 Å². The molecule has 1 N–H and O–H groups in total. The van der Waals surface area contributed by atoms with Gasteiger partial charge in [-0.05, 0) is 54.1 Å². The zero-order valence-electron chi connectivity index (χ0n) is 14.6. The highest BCUT2D eigenvalue weighted by Gasteiger charge is 2.18. The van der Waals surface area contributed by atoms with E-state index in [1.807, 2.05) is 0 Å². The highest BCUT2D eigenvalue weighted by Crippen LogP contribution is 2.23. The van der Waals surface area contributed by atoms with E-state index >= 15 is 0 Å². The molecule has 0 fully saturated rings. The third-order valence-electron chi connectivity index (χ3n) is 4.15. The van der Waals surface area contributed by atoms with Gasteiger partial charge in [0, 0.05) is 17.6 Å². The Morgan fingerprint density at radius 2 is 1.86 bits per heavy atom. The number of hydrogen-bond acceptors (Lipinski definition) is 3. The van der Waals surface area contributed by atoms with Crippen LogP contribution >= 0.6 is 11.6 Å². The molecule has 0 spiro atoms. The van der Waals surface area contributed by atoms with Crippen molar-refractivity contribution in [3.05, 3.63) is 95.1 Å². The minimum atomic E-state index is -0.320. The fraction of sp³-hybridized carbons (Fsp3) is 0.0476. The van der Waals surface area contributed by atoms with Gasteiger partial charge < -0.3 is 9.73 Å². The van der Waals surface area contributed by atoms with E-state index in [0.717, 1.165) is 5.56 Å². The summed E-state index contributed by atoms with van der Waals surface area (Å²) in [6.07, 6.45) is 1.55. The number of aromatic nitrogens is 2. The molecule has 0 aliphatic heterocycles. The molecule has 0 radical (unpaired) electrons. The van der Waals surface area contributed by atoms with E-state index in [9.17, 15) is 9.18 Å². The molecule has 0 saturated carbocycles. The molecule has 0 aliphatic carbocycles. The summed E-state index contributed by atoms with van der Waals surface area (Å²) in [4.78, 5) is 12.8. The Labute approximate surface area is 165 Å². The molecule has 7 heteroatoms. The lowest BCUT2D eigenvalue weighted by Crippen LogP contribution is -2.25. The van der Waals surface area contributed by atoms with Crippen molar-refractivity contribution in [2.45, 2.75) is 6.54 Å². The molecule has 4 aromatic rings. The number of hydrogen-bond donors (Lipinski definition) is 1. The maximum absolute atomic E-state index is 13.0. The van der Waals surface area contributed by atoms with Crippen molar-refractivity contribution < 1.29 is 13.6 Å². The monoisotopic (exact) mass is 395 g/mol. The number of carbonyl (C=O) groups excluding carboxylic acids is 1. The second kappa shape index (κ2) is 7.70. The van der Waals surface area contributed by atoms with Crippen molar-refractivity contribution in [3.63, 3.8) is 0 Å². The smallest absolute Gasteiger partial charge is 0.270 e. The van der Waals surface area contributed by atoms with Crippen LogP contribution in [0.4, 0.5) is 4.39 Å². The molecular weight excluding hydrogens is 381 g/mol. The Morgan fingerprint density at radius 3 is 2.54 bits per heavy atom. The average molecular weight is 396 g/mol. The molecule has 0 saturated heterocycles. The van der Waals surface area contributed by atoms with Gasteiger partial charge in [0.2, 0.25) is 0 Å². The molecule has 28 heavy (non-hydrogen) atoms. The van der Waals surface area contributed by atoms with Gasteiger partial charge in [-0.25, -0.2) is 9.07 Å². The Kier molecular flexibility index (Phi) is 4.95. The molecule has 1 amide bonds. The largest absolute Gasteiger partial charge is 0.463 e. The molecule has 140 valence electrons. The van der Waals surface area contributed by atoms with E-state index < -0.39 is 0 Å². The number of rotatable bonds is 5. The Balaban J connectivity index is 1.64. The molecule has 2 aromatic carbocycles. The summed E-state index contributed by atoms with van der Waals surface area (Å²) < 4.78 is 20.0. The lowest BCUT2D eigenvalue weighted by molar-refractivity contribution is 0.0943. The van der Waals surface area contributed by atoms with Crippen molar-refractivity contribution in [2.24, 2.45) is 0 Å². The zero-order valence-corrected chi connectivity index (χ0v) is 15.4. The summed E-state index contributed by atoms with van der Waals surface area (Å²) in [6.45, 7) is 0.265. The minimum absolute atomic E-state index is 0.265. The van der Waals surface area contributed by atoms with Gasteiger partial charge in [0.1, 0.15) is 17.2 Å². The van der Waals surface area contributed by atoms with Crippen molar-refractivity contribution in [1.29, 1.82) is 0 Å². The molecule has 4 rings (SSSR count). The fourth-order valence-corrected chi connectivity index (χ4v) is 2.87. The minimum Gasteiger partial charge on any atom is -0.463 e. The SMILES string of the molecule is O=C(NCc1ccc(F)cc1)c1cc(-c2ccco2)nn1-c1ccc(Cl)cc1. The van der Waals surface area contributed by atoms with Gasteiger partial charge in [0.25, 0.3) is 5.91 Å². The number of nitrogens with one attached hydrogen (secondary N) is 1. The first-order valence-electron chi connectivity index (χ1n) is 8.53. The fourth-order valence-electron chi connectivity index (χ4n) is 2.74. The summed E-state index contributed by atoms with van der Waals surface area (Å²) in [5, 5.41) is 7.93. The molecule has 0 atom stereocenters. The number of benzene rings is 2. The van der Waals surface area contributed by atoms with Crippen molar-refractivity contribution >= 4 is 17.5 Å². The summed E-state index contributed by atoms with van der Waals surface area (Å²) in [5.74, 6) is -0.0798. The first kappa shape index (κ1) is 18.0. The van der Waals surface area contributed by atoms with Crippen LogP contribution in [0.3, 0.4) is 0 Å². The molecule has 5 nitrogen and oxygen atoms in total. The van der Waals surface area contributed by atoms with Crippen LogP contribution in [0.25, 0.3) is 17.1 Å². The van der Waals surface area contributed by atoms with Gasteiger partial charge in [-0.1, -0.05) is 23.7 Å². The molecule has 0 aliphatic rings. The number of furan rings is 1. The zero-order chi connectivity index (χ0) is 19.5. The van der Waals surface area contributed by atoms with Crippen molar-refractivity contribution in [3.8, 4) is 17.1 Å². The van der Waals surface area contributed by atoms with Crippen molar-refractivity contribution in [2.75, 3.05) is 0 Å². The van der Waals surface area contributed by atoms with Gasteiger partial charge in [-0.15, -0.1) is 0 Å². The molecule has 0 bridgehead atoms. The van der Waals surface area contributed by atoms with Gasteiger partial charge >= 0.3 is 0 Å². The summed E-state index contributed by atoms with van der Waals surface area (Å²) in [5.41, 5.74) is 2.36. The van der Waals surface area contributed by atoms with Crippen LogP contribution in [0, 0.1) is 5.82 Å². The topological polar surface area (TPSA) is 60.1 Å². The maximum Gasteiger partial charge on any atom is 0.270 e. The van der Waals surface area contributed by atoms with E-state index in [-0.39, 0.29) is 18.3 Å². The van der Waals surface area contributed by atoms with E-state index in [1.165, 1.54) is 16.8 Å². The molecule has 2 heterocycles. The Bertz CT molecular complexity index is 1090. The van der Waals surface area contributed by atoms with Gasteiger partial charge in [0.15, 0.2) is 5.76 Å². The Morgan fingerprint density at radius 1 is 1.11 bits per heavy atom. The second-order valence-corrected chi connectivity index (χ2v) is 6.53. The van der Waals surface area contributed by atoms with Crippen LogP contribution in [-0.2, 0) is 6.54 Å². The lowest BCUT2D eigenvalue weighted by atomic mass is 10.2. The quantitative estimate of drug-likeness (QED) is 0.525. The van der Waals surface area contributed by atoms with E-state index in [4.69, 9.17) is 16.0 Å². The predicted molar refractivity (Wildman–Crippen MR) is 104 cm³/mol. The van der Waals surface area contributed by atoms with Crippen LogP contribution in [0.1, 0.15) is 16.1 Å². The van der Waals surface area contributed by atoms with Gasteiger partial charge in [0.05, 0.1) is 12.0 Å². The number of nitrogens with zero attached hydrogens (tertiary/aromatic N) is 2. The van der Waals surface area contributed by atoms with E-state index in [1.54, 1.807) is 60.9 Å².